The van der Waals surface area contributed by atoms with Gasteiger partial charge in [-0.15, -0.1) is 5.10 Å². The lowest BCUT2D eigenvalue weighted by atomic mass is 10.1. The molecule has 0 unspecified atom stereocenters. The molecule has 1 aromatic carbocycles. The second-order valence-corrected chi connectivity index (χ2v) is 7.63. The molecule has 2 aliphatic heterocycles. The number of ether oxygens (including phenoxy) is 1. The van der Waals surface area contributed by atoms with Crippen molar-refractivity contribution >= 4 is 29.1 Å². The third-order valence-electron chi connectivity index (χ3n) is 4.81. The largest absolute Gasteiger partial charge is 0.376 e. The molecule has 1 atom stereocenters. The molecule has 8 nitrogen and oxygen atoms in total. The van der Waals surface area contributed by atoms with E-state index in [1.165, 1.54) is 11.8 Å². The molecule has 0 saturated carbocycles. The number of thioether (sulfide) groups is 1. The van der Waals surface area contributed by atoms with Crippen molar-refractivity contribution in [3.05, 3.63) is 29.8 Å². The van der Waals surface area contributed by atoms with Crippen LogP contribution in [0, 0.1) is 0 Å². The Labute approximate surface area is 161 Å². The molecule has 0 aliphatic carbocycles. The minimum Gasteiger partial charge on any atom is -0.376 e. The predicted octanol–water partition coefficient (Wildman–Crippen LogP) is 1.95. The van der Waals surface area contributed by atoms with Crippen molar-refractivity contribution in [2.75, 3.05) is 23.8 Å². The average Bonchev–Trinajstić information content (AvgIpc) is 3.43. The van der Waals surface area contributed by atoms with Crippen LogP contribution in [0.25, 0.3) is 0 Å². The Morgan fingerprint density at radius 3 is 2.81 bits per heavy atom. The summed E-state index contributed by atoms with van der Waals surface area (Å²) in [6.07, 6.45) is 3.69. The van der Waals surface area contributed by atoms with Gasteiger partial charge in [0.15, 0.2) is 5.78 Å². The fourth-order valence-corrected chi connectivity index (χ4v) is 4.14. The highest BCUT2D eigenvalue weighted by Crippen LogP contribution is 2.23. The molecule has 4 rings (SSSR count). The summed E-state index contributed by atoms with van der Waals surface area (Å²) in [6.45, 7) is 2.14. The smallest absolute Gasteiger partial charge is 0.227 e. The SMILES string of the molecule is O=C(CSc1nnnn1C[C@H]1CCCO1)c1ccc(N2CCCC2=O)cc1. The van der Waals surface area contributed by atoms with Crippen LogP contribution < -0.4 is 4.90 Å². The molecule has 9 heteroatoms. The van der Waals surface area contributed by atoms with Gasteiger partial charge in [0, 0.05) is 30.8 Å². The molecular weight excluding hydrogens is 366 g/mol. The highest BCUT2D eigenvalue weighted by molar-refractivity contribution is 7.99. The van der Waals surface area contributed by atoms with Crippen molar-refractivity contribution in [1.29, 1.82) is 0 Å². The van der Waals surface area contributed by atoms with Crippen molar-refractivity contribution < 1.29 is 14.3 Å². The molecule has 3 heterocycles. The van der Waals surface area contributed by atoms with Crippen molar-refractivity contribution in [3.8, 4) is 0 Å². The number of carbonyl (C=O) groups is 2. The fourth-order valence-electron chi connectivity index (χ4n) is 3.36. The van der Waals surface area contributed by atoms with Gasteiger partial charge < -0.3 is 9.64 Å². The van der Waals surface area contributed by atoms with Crippen molar-refractivity contribution in [2.24, 2.45) is 0 Å². The molecule has 2 fully saturated rings. The first-order valence-corrected chi connectivity index (χ1v) is 10.1. The summed E-state index contributed by atoms with van der Waals surface area (Å²) in [6, 6.07) is 7.23. The number of nitrogens with zero attached hydrogens (tertiary/aromatic N) is 5. The number of hydrogen-bond donors (Lipinski definition) is 0. The summed E-state index contributed by atoms with van der Waals surface area (Å²) in [5.41, 5.74) is 1.47. The fraction of sp³-hybridized carbons (Fsp3) is 0.500. The molecule has 0 bridgehead atoms. The van der Waals surface area contributed by atoms with Gasteiger partial charge in [0.25, 0.3) is 0 Å². The van der Waals surface area contributed by atoms with Crippen molar-refractivity contribution in [3.63, 3.8) is 0 Å². The molecule has 1 aromatic heterocycles. The van der Waals surface area contributed by atoms with Gasteiger partial charge in [0.05, 0.1) is 18.4 Å². The van der Waals surface area contributed by atoms with E-state index in [1.54, 1.807) is 21.7 Å². The number of rotatable bonds is 7. The summed E-state index contributed by atoms with van der Waals surface area (Å²) in [7, 11) is 0. The third kappa shape index (κ3) is 4.19. The second-order valence-electron chi connectivity index (χ2n) is 6.69. The number of tetrazole rings is 1. The topological polar surface area (TPSA) is 90.2 Å². The Balaban J connectivity index is 1.34. The van der Waals surface area contributed by atoms with E-state index in [-0.39, 0.29) is 23.5 Å². The van der Waals surface area contributed by atoms with Crippen LogP contribution in [0.5, 0.6) is 0 Å². The maximum absolute atomic E-state index is 12.5. The van der Waals surface area contributed by atoms with E-state index in [2.05, 4.69) is 15.5 Å². The number of anilines is 1. The number of carbonyl (C=O) groups excluding carboxylic acids is 2. The van der Waals surface area contributed by atoms with Gasteiger partial charge in [0.2, 0.25) is 11.1 Å². The molecule has 2 aliphatic rings. The number of aromatic nitrogens is 4. The third-order valence-corrected chi connectivity index (χ3v) is 5.76. The standard InChI is InChI=1S/C18H21N5O3S/c24-16(13-5-7-14(8-6-13)22-9-1-4-17(22)25)12-27-18-19-20-21-23(18)11-15-3-2-10-26-15/h5-8,15H,1-4,9-12H2/t15-/m1/s1. The Morgan fingerprint density at radius 2 is 2.11 bits per heavy atom. The van der Waals surface area contributed by atoms with Crippen LogP contribution in [0.2, 0.25) is 0 Å². The van der Waals surface area contributed by atoms with E-state index in [9.17, 15) is 9.59 Å². The average molecular weight is 387 g/mol. The zero-order chi connectivity index (χ0) is 18.6. The van der Waals surface area contributed by atoms with Gasteiger partial charge in [-0.05, 0) is 54.0 Å². The summed E-state index contributed by atoms with van der Waals surface area (Å²) < 4.78 is 7.32. The number of amides is 1. The van der Waals surface area contributed by atoms with E-state index in [0.717, 1.165) is 38.1 Å². The van der Waals surface area contributed by atoms with E-state index < -0.39 is 0 Å². The van der Waals surface area contributed by atoms with E-state index in [1.807, 2.05) is 12.1 Å². The second kappa shape index (κ2) is 8.18. The Morgan fingerprint density at radius 1 is 1.26 bits per heavy atom. The van der Waals surface area contributed by atoms with Gasteiger partial charge in [0.1, 0.15) is 0 Å². The first kappa shape index (κ1) is 18.1. The predicted molar refractivity (Wildman–Crippen MR) is 99.9 cm³/mol. The van der Waals surface area contributed by atoms with Crippen LogP contribution in [0.3, 0.4) is 0 Å². The molecule has 1 amide bonds. The first-order valence-electron chi connectivity index (χ1n) is 9.15. The number of Topliss-reactive ketones (excluding diaryl/α,β-unsaturated/α-hetero) is 1. The zero-order valence-electron chi connectivity index (χ0n) is 14.9. The highest BCUT2D eigenvalue weighted by Gasteiger charge is 2.22. The van der Waals surface area contributed by atoms with Crippen LogP contribution in [-0.4, -0.2) is 56.9 Å². The minimum atomic E-state index is 0.00552. The monoisotopic (exact) mass is 387 g/mol. The molecule has 0 spiro atoms. The van der Waals surface area contributed by atoms with Gasteiger partial charge in [-0.3, -0.25) is 9.59 Å². The van der Waals surface area contributed by atoms with Crippen LogP contribution in [-0.2, 0) is 16.1 Å². The zero-order valence-corrected chi connectivity index (χ0v) is 15.7. The van der Waals surface area contributed by atoms with Crippen LogP contribution in [0.1, 0.15) is 36.0 Å². The first-order chi connectivity index (χ1) is 13.2. The highest BCUT2D eigenvalue weighted by atomic mass is 32.2. The molecular formula is C18H21N5O3S. The van der Waals surface area contributed by atoms with Gasteiger partial charge in [-0.2, -0.15) is 0 Å². The maximum Gasteiger partial charge on any atom is 0.227 e. The molecule has 2 aromatic rings. The van der Waals surface area contributed by atoms with Gasteiger partial charge in [-0.25, -0.2) is 4.68 Å². The summed E-state index contributed by atoms with van der Waals surface area (Å²) >= 11 is 1.33. The Kier molecular flexibility index (Phi) is 5.49. The number of benzene rings is 1. The van der Waals surface area contributed by atoms with E-state index >= 15 is 0 Å². The lowest BCUT2D eigenvalue weighted by molar-refractivity contribution is -0.117. The molecule has 0 radical (unpaired) electrons. The van der Waals surface area contributed by atoms with Crippen molar-refractivity contribution in [2.45, 2.75) is 43.5 Å². The maximum atomic E-state index is 12.5. The quantitative estimate of drug-likeness (QED) is 0.530. The summed E-state index contributed by atoms with van der Waals surface area (Å²) in [4.78, 5) is 26.1. The Hall–Kier alpha value is -2.26. The molecule has 0 N–H and O–H groups in total. The number of ketones is 1. The van der Waals surface area contributed by atoms with Gasteiger partial charge >= 0.3 is 0 Å². The lowest BCUT2D eigenvalue weighted by Gasteiger charge is -2.15. The summed E-state index contributed by atoms with van der Waals surface area (Å²) in [5.74, 6) is 0.405. The minimum absolute atomic E-state index is 0.00552. The summed E-state index contributed by atoms with van der Waals surface area (Å²) in [5, 5.41) is 12.3. The van der Waals surface area contributed by atoms with Crippen LogP contribution >= 0.6 is 11.8 Å². The molecule has 2 saturated heterocycles. The van der Waals surface area contributed by atoms with Crippen LogP contribution in [0.4, 0.5) is 5.69 Å². The van der Waals surface area contributed by atoms with Crippen LogP contribution in [0.15, 0.2) is 29.4 Å². The Bertz CT molecular complexity index is 817. The van der Waals surface area contributed by atoms with Crippen molar-refractivity contribution in [1.82, 2.24) is 20.2 Å². The lowest BCUT2D eigenvalue weighted by Crippen LogP contribution is -2.23. The van der Waals surface area contributed by atoms with E-state index in [4.69, 9.17) is 4.74 Å². The molecule has 142 valence electrons. The molecule has 27 heavy (non-hydrogen) atoms. The normalized spacial score (nSPS) is 19.8. The van der Waals surface area contributed by atoms with Gasteiger partial charge in [-0.1, -0.05) is 11.8 Å². The van der Waals surface area contributed by atoms with E-state index in [0.29, 0.717) is 23.7 Å². The number of hydrogen-bond acceptors (Lipinski definition) is 7.